The summed E-state index contributed by atoms with van der Waals surface area (Å²) in [4.78, 5) is 4.02. The third kappa shape index (κ3) is 2.08. The lowest BCUT2D eigenvalue weighted by Crippen LogP contribution is -2.14. The van der Waals surface area contributed by atoms with E-state index in [4.69, 9.17) is 11.0 Å². The lowest BCUT2D eigenvalue weighted by Gasteiger charge is -2.24. The van der Waals surface area contributed by atoms with Gasteiger partial charge in [0.15, 0.2) is 5.82 Å². The van der Waals surface area contributed by atoms with Gasteiger partial charge in [-0.1, -0.05) is 0 Å². The fourth-order valence-corrected chi connectivity index (χ4v) is 3.46. The summed E-state index contributed by atoms with van der Waals surface area (Å²) in [6.45, 7) is 0. The van der Waals surface area contributed by atoms with Crippen LogP contribution in [0.4, 0.5) is 5.82 Å². The summed E-state index contributed by atoms with van der Waals surface area (Å²) in [5, 5.41) is 13.3. The Balaban J connectivity index is 1.99. The van der Waals surface area contributed by atoms with Crippen LogP contribution < -0.4 is 5.73 Å². The summed E-state index contributed by atoms with van der Waals surface area (Å²) < 4.78 is 2.81. The molecule has 0 unspecified atom stereocenters. The Morgan fingerprint density at radius 2 is 2.11 bits per heavy atom. The van der Waals surface area contributed by atoms with Crippen LogP contribution in [0.2, 0.25) is 0 Å². The molecule has 0 amide bonds. The Bertz CT molecular complexity index is 649. The maximum absolute atomic E-state index is 8.96. The maximum Gasteiger partial charge on any atom is 0.152 e. The Hall–Kier alpha value is -1.61. The molecule has 0 radical (unpaired) electrons. The van der Waals surface area contributed by atoms with Gasteiger partial charge in [0.1, 0.15) is 11.8 Å². The Morgan fingerprint density at radius 3 is 2.79 bits per heavy atom. The first-order valence-corrected chi connectivity index (χ1v) is 7.17. The van der Waals surface area contributed by atoms with Crippen molar-refractivity contribution in [2.45, 2.75) is 31.6 Å². The zero-order valence-corrected chi connectivity index (χ0v) is 12.0. The maximum atomic E-state index is 8.96. The number of nitriles is 1. The molecule has 6 heteroatoms. The van der Waals surface area contributed by atoms with E-state index in [2.05, 4.69) is 38.1 Å². The van der Waals surface area contributed by atoms with E-state index >= 15 is 0 Å². The van der Waals surface area contributed by atoms with Crippen molar-refractivity contribution in [1.82, 2.24) is 14.6 Å². The van der Waals surface area contributed by atoms with Crippen molar-refractivity contribution < 1.29 is 0 Å². The molecule has 1 aliphatic carbocycles. The van der Waals surface area contributed by atoms with Gasteiger partial charge < -0.3 is 5.73 Å². The van der Waals surface area contributed by atoms with Gasteiger partial charge in [0.25, 0.3) is 0 Å². The number of nitrogen functional groups attached to an aromatic ring is 1. The molecular formula is C13H14BrN5. The molecule has 19 heavy (non-hydrogen) atoms. The Kier molecular flexibility index (Phi) is 3.15. The number of aromatic nitrogens is 3. The zero-order valence-electron chi connectivity index (χ0n) is 10.4. The van der Waals surface area contributed by atoms with Gasteiger partial charge in [0.2, 0.25) is 0 Å². The predicted octanol–water partition coefficient (Wildman–Crippen LogP) is 2.87. The third-order valence-corrected chi connectivity index (χ3v) is 4.50. The first kappa shape index (κ1) is 12.4. The molecule has 0 spiro atoms. The van der Waals surface area contributed by atoms with Gasteiger partial charge in [-0.3, -0.25) is 0 Å². The van der Waals surface area contributed by atoms with E-state index in [1.54, 1.807) is 0 Å². The summed E-state index contributed by atoms with van der Waals surface area (Å²) in [5.74, 6) is 1.14. The monoisotopic (exact) mass is 319 g/mol. The number of halogens is 1. The second kappa shape index (κ2) is 4.82. The highest BCUT2D eigenvalue weighted by atomic mass is 79.9. The van der Waals surface area contributed by atoms with E-state index in [9.17, 15) is 0 Å². The molecule has 2 heterocycles. The van der Waals surface area contributed by atoms with Gasteiger partial charge >= 0.3 is 0 Å². The van der Waals surface area contributed by atoms with Crippen LogP contribution in [-0.2, 0) is 0 Å². The van der Waals surface area contributed by atoms with Gasteiger partial charge in [-0.15, -0.1) is 0 Å². The molecule has 0 saturated heterocycles. The van der Waals surface area contributed by atoms with Crippen molar-refractivity contribution in [2.75, 3.05) is 5.73 Å². The van der Waals surface area contributed by atoms with E-state index < -0.39 is 0 Å². The number of nitrogens with zero attached hydrogens (tertiary/aromatic N) is 4. The second-order valence-electron chi connectivity index (χ2n) is 5.00. The van der Waals surface area contributed by atoms with Crippen LogP contribution in [0, 0.1) is 17.2 Å². The smallest absolute Gasteiger partial charge is 0.152 e. The highest BCUT2D eigenvalue weighted by Gasteiger charge is 2.25. The normalized spacial score (nSPS) is 23.4. The molecule has 0 aromatic carbocycles. The molecule has 2 aromatic rings. The summed E-state index contributed by atoms with van der Waals surface area (Å²) in [6, 6.07) is 4.45. The fourth-order valence-electron chi connectivity index (χ4n) is 2.85. The average molecular weight is 320 g/mol. The molecular weight excluding hydrogens is 306 g/mol. The summed E-state index contributed by atoms with van der Waals surface area (Å²) in [7, 11) is 0. The molecule has 3 rings (SSSR count). The number of fused-ring (bicyclic) bond motifs is 1. The highest BCUT2D eigenvalue weighted by Crippen LogP contribution is 2.38. The fraction of sp³-hybridized carbons (Fsp3) is 0.462. The molecule has 0 bridgehead atoms. The van der Waals surface area contributed by atoms with Crippen molar-refractivity contribution in [1.29, 1.82) is 5.26 Å². The molecule has 1 fully saturated rings. The first-order chi connectivity index (χ1) is 9.20. The number of anilines is 1. The Labute approximate surface area is 119 Å². The van der Waals surface area contributed by atoms with Crippen molar-refractivity contribution in [3.8, 4) is 6.07 Å². The highest BCUT2D eigenvalue weighted by molar-refractivity contribution is 9.10. The minimum Gasteiger partial charge on any atom is -0.382 e. The van der Waals surface area contributed by atoms with Crippen molar-refractivity contribution in [3.05, 3.63) is 22.6 Å². The molecule has 2 N–H and O–H groups in total. The van der Waals surface area contributed by atoms with E-state index in [1.807, 2.05) is 4.52 Å². The topological polar surface area (TPSA) is 80.0 Å². The van der Waals surface area contributed by atoms with Crippen LogP contribution in [0.15, 0.2) is 16.9 Å². The molecule has 5 nitrogen and oxygen atoms in total. The van der Waals surface area contributed by atoms with E-state index in [1.165, 1.54) is 6.33 Å². The minimum absolute atomic E-state index is 0.214. The summed E-state index contributed by atoms with van der Waals surface area (Å²) in [5.41, 5.74) is 7.89. The number of hydrogen-bond donors (Lipinski definition) is 1. The van der Waals surface area contributed by atoms with E-state index in [0.717, 1.165) is 41.4 Å². The summed E-state index contributed by atoms with van der Waals surface area (Å²) in [6.07, 6.45) is 5.47. The van der Waals surface area contributed by atoms with Gasteiger partial charge in [-0.05, 0) is 47.7 Å². The van der Waals surface area contributed by atoms with Gasteiger partial charge in [-0.2, -0.15) is 10.4 Å². The van der Waals surface area contributed by atoms with Crippen LogP contribution >= 0.6 is 15.9 Å². The first-order valence-electron chi connectivity index (χ1n) is 6.38. The van der Waals surface area contributed by atoms with Crippen molar-refractivity contribution in [3.63, 3.8) is 0 Å². The van der Waals surface area contributed by atoms with Gasteiger partial charge in [-0.25, -0.2) is 9.50 Å². The standard InChI is InChI=1S/C13H14BrN5/c14-10-5-11(9-3-1-8(6-15)2-4-9)19-12(10)13(16)17-7-18-19/h5,7-9H,1-4H2,(H2,16,17,18). The van der Waals surface area contributed by atoms with Gasteiger partial charge in [0, 0.05) is 22.0 Å². The molecule has 98 valence electrons. The summed E-state index contributed by atoms with van der Waals surface area (Å²) >= 11 is 3.53. The molecule has 0 atom stereocenters. The van der Waals surface area contributed by atoms with Crippen LogP contribution in [0.5, 0.6) is 0 Å². The van der Waals surface area contributed by atoms with Crippen LogP contribution in [-0.4, -0.2) is 14.6 Å². The Morgan fingerprint density at radius 1 is 1.37 bits per heavy atom. The lowest BCUT2D eigenvalue weighted by molar-refractivity contribution is 0.374. The van der Waals surface area contributed by atoms with Crippen LogP contribution in [0.3, 0.4) is 0 Å². The number of nitrogens with two attached hydrogens (primary N) is 1. The van der Waals surface area contributed by atoms with Crippen molar-refractivity contribution >= 4 is 27.3 Å². The SMILES string of the molecule is N#CC1CCC(c2cc(Br)c3c(N)ncnn23)CC1. The quantitative estimate of drug-likeness (QED) is 0.876. The molecule has 1 saturated carbocycles. The lowest BCUT2D eigenvalue weighted by atomic mass is 9.81. The molecule has 2 aromatic heterocycles. The largest absolute Gasteiger partial charge is 0.382 e. The number of hydrogen-bond acceptors (Lipinski definition) is 4. The van der Waals surface area contributed by atoms with E-state index in [0.29, 0.717) is 11.7 Å². The zero-order chi connectivity index (χ0) is 13.4. The predicted molar refractivity (Wildman–Crippen MR) is 75.4 cm³/mol. The average Bonchev–Trinajstić information content (AvgIpc) is 2.78. The second-order valence-corrected chi connectivity index (χ2v) is 5.85. The molecule has 1 aliphatic rings. The molecule has 0 aliphatic heterocycles. The van der Waals surface area contributed by atoms with Crippen LogP contribution in [0.25, 0.3) is 5.52 Å². The van der Waals surface area contributed by atoms with Crippen molar-refractivity contribution in [2.24, 2.45) is 5.92 Å². The third-order valence-electron chi connectivity index (χ3n) is 3.89. The van der Waals surface area contributed by atoms with E-state index in [-0.39, 0.29) is 5.92 Å². The van der Waals surface area contributed by atoms with Crippen LogP contribution in [0.1, 0.15) is 37.3 Å². The number of rotatable bonds is 1. The minimum atomic E-state index is 0.214. The van der Waals surface area contributed by atoms with Gasteiger partial charge in [0.05, 0.1) is 6.07 Å².